The van der Waals surface area contributed by atoms with E-state index in [0.29, 0.717) is 23.6 Å². The van der Waals surface area contributed by atoms with Crippen molar-refractivity contribution in [2.24, 2.45) is 0 Å². The lowest BCUT2D eigenvalue weighted by Crippen LogP contribution is -2.32. The summed E-state index contributed by atoms with van der Waals surface area (Å²) in [6, 6.07) is 14.0. The van der Waals surface area contributed by atoms with Crippen LogP contribution in [0.15, 0.2) is 65.2 Å². The number of halogens is 2. The number of aromatic nitrogens is 2. The Morgan fingerprint density at radius 2 is 1.91 bits per heavy atom. The third kappa shape index (κ3) is 5.54. The van der Waals surface area contributed by atoms with Crippen molar-refractivity contribution in [1.29, 1.82) is 0 Å². The number of rotatable bonds is 9. The van der Waals surface area contributed by atoms with Gasteiger partial charge in [-0.05, 0) is 30.2 Å². The summed E-state index contributed by atoms with van der Waals surface area (Å²) in [4.78, 5) is 21.1. The minimum atomic E-state index is -1.10. The highest BCUT2D eigenvalue weighted by molar-refractivity contribution is 5.77. The zero-order chi connectivity index (χ0) is 24.9. The van der Waals surface area contributed by atoms with Crippen molar-refractivity contribution in [1.82, 2.24) is 9.97 Å². The summed E-state index contributed by atoms with van der Waals surface area (Å²) >= 11 is 0. The Morgan fingerprint density at radius 3 is 2.60 bits per heavy atom. The number of carbonyl (C=O) groups is 1. The lowest BCUT2D eigenvalue weighted by atomic mass is 10.1. The van der Waals surface area contributed by atoms with Crippen LogP contribution in [-0.4, -0.2) is 27.1 Å². The maximum Gasteiger partial charge on any atom is 0.326 e. The molecule has 0 fully saturated rings. The molecule has 0 saturated carbocycles. The molecule has 35 heavy (non-hydrogen) atoms. The van der Waals surface area contributed by atoms with Crippen LogP contribution in [0, 0.1) is 18.6 Å². The smallest absolute Gasteiger partial charge is 0.326 e. The molecule has 2 aromatic carbocycles. The number of aryl methyl sites for hydroxylation is 2. The predicted molar refractivity (Wildman–Crippen MR) is 128 cm³/mol. The van der Waals surface area contributed by atoms with Crippen molar-refractivity contribution in [2.45, 2.75) is 39.2 Å². The summed E-state index contributed by atoms with van der Waals surface area (Å²) in [6.07, 6.45) is 2.22. The van der Waals surface area contributed by atoms with E-state index >= 15 is 0 Å². The summed E-state index contributed by atoms with van der Waals surface area (Å²) in [5.41, 5.74) is 2.67. The fraction of sp³-hybridized carbons (Fsp3) is 0.222. The molecule has 4 rings (SSSR count). The molecule has 0 amide bonds. The van der Waals surface area contributed by atoms with Crippen molar-refractivity contribution in [2.75, 3.05) is 5.32 Å². The fourth-order valence-electron chi connectivity index (χ4n) is 3.89. The number of aliphatic carboxylic acids is 1. The second-order valence-corrected chi connectivity index (χ2v) is 8.22. The zero-order valence-corrected chi connectivity index (χ0v) is 19.4. The molecule has 8 heteroatoms. The van der Waals surface area contributed by atoms with E-state index in [1.807, 2.05) is 50.2 Å². The van der Waals surface area contributed by atoms with Crippen LogP contribution in [0.25, 0.3) is 11.3 Å². The molecule has 2 aromatic heterocycles. The minimum Gasteiger partial charge on any atom is -0.480 e. The average molecular weight is 478 g/mol. The summed E-state index contributed by atoms with van der Waals surface area (Å²) in [7, 11) is 0. The third-order valence-corrected chi connectivity index (χ3v) is 5.71. The highest BCUT2D eigenvalue weighted by Gasteiger charge is 2.23. The van der Waals surface area contributed by atoms with Gasteiger partial charge in [0.25, 0.3) is 0 Å². The zero-order valence-electron chi connectivity index (χ0n) is 19.4. The van der Waals surface area contributed by atoms with Crippen LogP contribution in [0.4, 0.5) is 14.6 Å². The summed E-state index contributed by atoms with van der Waals surface area (Å²) in [6.45, 7) is 3.87. The van der Waals surface area contributed by atoms with E-state index in [1.54, 1.807) is 0 Å². The van der Waals surface area contributed by atoms with E-state index in [-0.39, 0.29) is 24.2 Å². The predicted octanol–water partition coefficient (Wildman–Crippen LogP) is 5.58. The molecule has 4 aromatic rings. The number of carboxylic acid groups (broad SMARTS) is 1. The van der Waals surface area contributed by atoms with Gasteiger partial charge in [-0.15, -0.1) is 0 Å². The van der Waals surface area contributed by atoms with Gasteiger partial charge in [-0.1, -0.05) is 49.4 Å². The van der Waals surface area contributed by atoms with E-state index < -0.39 is 23.6 Å². The molecule has 2 N–H and O–H groups in total. The molecule has 2 heterocycles. The van der Waals surface area contributed by atoms with Crippen LogP contribution >= 0.6 is 0 Å². The number of nitrogens with zero attached hydrogens (tertiary/aromatic N) is 2. The normalized spacial score (nSPS) is 11.9. The molecular formula is C27H25F2N3O3. The molecule has 0 spiro atoms. The standard InChI is InChI=1S/C27H25F2N3O3/c1-3-24-16(2)12-19(35-24)14-22(27(33)34)32-26-21(13-18-10-7-11-20(28)25(18)29)31-23(15-30-26)17-8-5-4-6-9-17/h4-12,15,22H,3,13-14H2,1-2H3,(H,30,32)(H,33,34). The summed E-state index contributed by atoms with van der Waals surface area (Å²) in [5.74, 6) is -1.52. The maximum atomic E-state index is 14.4. The Balaban J connectivity index is 1.69. The Morgan fingerprint density at radius 1 is 1.14 bits per heavy atom. The molecule has 1 atom stereocenters. The molecule has 0 aliphatic carbocycles. The number of hydrogen-bond acceptors (Lipinski definition) is 5. The number of carboxylic acids is 1. The maximum absolute atomic E-state index is 14.4. The molecular weight excluding hydrogens is 452 g/mol. The van der Waals surface area contributed by atoms with Gasteiger partial charge in [0.2, 0.25) is 0 Å². The van der Waals surface area contributed by atoms with E-state index in [0.717, 1.165) is 23.0 Å². The first-order valence-electron chi connectivity index (χ1n) is 11.3. The Labute approximate surface area is 201 Å². The van der Waals surface area contributed by atoms with Crippen LogP contribution in [0.2, 0.25) is 0 Å². The van der Waals surface area contributed by atoms with Crippen molar-refractivity contribution in [3.05, 3.63) is 101 Å². The van der Waals surface area contributed by atoms with Crippen LogP contribution in [0.3, 0.4) is 0 Å². The van der Waals surface area contributed by atoms with Gasteiger partial charge in [-0.25, -0.2) is 23.5 Å². The molecule has 6 nitrogen and oxygen atoms in total. The van der Waals surface area contributed by atoms with Crippen LogP contribution in [0.1, 0.15) is 35.3 Å². The van der Waals surface area contributed by atoms with Gasteiger partial charge < -0.3 is 14.8 Å². The number of furan rings is 1. The minimum absolute atomic E-state index is 0.0755. The molecule has 1 unspecified atom stereocenters. The lowest BCUT2D eigenvalue weighted by Gasteiger charge is -2.17. The highest BCUT2D eigenvalue weighted by Crippen LogP contribution is 2.25. The number of anilines is 1. The van der Waals surface area contributed by atoms with Gasteiger partial charge in [-0.2, -0.15) is 0 Å². The first kappa shape index (κ1) is 24.1. The molecule has 0 aliphatic heterocycles. The first-order chi connectivity index (χ1) is 16.9. The van der Waals surface area contributed by atoms with Crippen LogP contribution < -0.4 is 5.32 Å². The van der Waals surface area contributed by atoms with Gasteiger partial charge in [-0.3, -0.25) is 0 Å². The highest BCUT2D eigenvalue weighted by atomic mass is 19.2. The Hall–Kier alpha value is -4.07. The lowest BCUT2D eigenvalue weighted by molar-refractivity contribution is -0.138. The number of hydrogen-bond donors (Lipinski definition) is 2. The van der Waals surface area contributed by atoms with E-state index in [4.69, 9.17) is 4.42 Å². The Bertz CT molecular complexity index is 1340. The molecule has 0 radical (unpaired) electrons. The summed E-state index contributed by atoms with van der Waals surface area (Å²) < 4.78 is 34.1. The quantitative estimate of drug-likeness (QED) is 0.327. The second kappa shape index (κ2) is 10.5. The van der Waals surface area contributed by atoms with Gasteiger partial charge in [0.15, 0.2) is 11.6 Å². The fourth-order valence-corrected chi connectivity index (χ4v) is 3.89. The van der Waals surface area contributed by atoms with Crippen molar-refractivity contribution >= 4 is 11.8 Å². The first-order valence-corrected chi connectivity index (χ1v) is 11.3. The topological polar surface area (TPSA) is 88.3 Å². The third-order valence-electron chi connectivity index (χ3n) is 5.71. The monoisotopic (exact) mass is 477 g/mol. The molecule has 180 valence electrons. The van der Waals surface area contributed by atoms with E-state index in [1.165, 1.54) is 18.3 Å². The molecule has 0 aliphatic rings. The Kier molecular flexibility index (Phi) is 7.19. The van der Waals surface area contributed by atoms with Crippen LogP contribution in [-0.2, 0) is 24.1 Å². The van der Waals surface area contributed by atoms with Gasteiger partial charge >= 0.3 is 5.97 Å². The van der Waals surface area contributed by atoms with E-state index in [2.05, 4.69) is 15.3 Å². The molecule has 0 bridgehead atoms. The molecule has 0 saturated heterocycles. The summed E-state index contributed by atoms with van der Waals surface area (Å²) in [5, 5.41) is 12.8. The van der Waals surface area contributed by atoms with Gasteiger partial charge in [0.05, 0.1) is 17.6 Å². The van der Waals surface area contributed by atoms with Gasteiger partial charge in [0.1, 0.15) is 23.4 Å². The number of nitrogens with one attached hydrogen (secondary N) is 1. The van der Waals surface area contributed by atoms with Crippen LogP contribution in [0.5, 0.6) is 0 Å². The SMILES string of the molecule is CCc1oc(CC(Nc2ncc(-c3ccccc3)nc2Cc2cccc(F)c2F)C(=O)O)cc1C. The van der Waals surface area contributed by atoms with Crippen molar-refractivity contribution in [3.8, 4) is 11.3 Å². The second-order valence-electron chi connectivity index (χ2n) is 8.22. The number of benzene rings is 2. The van der Waals surface area contributed by atoms with Crippen molar-refractivity contribution < 1.29 is 23.1 Å². The van der Waals surface area contributed by atoms with Crippen molar-refractivity contribution in [3.63, 3.8) is 0 Å². The average Bonchev–Trinajstić information content (AvgIpc) is 3.22. The van der Waals surface area contributed by atoms with E-state index in [9.17, 15) is 18.7 Å². The van der Waals surface area contributed by atoms with Gasteiger partial charge in [0, 0.05) is 24.8 Å². The largest absolute Gasteiger partial charge is 0.480 e.